The molecule has 1 aromatic carbocycles. The van der Waals surface area contributed by atoms with Crippen molar-refractivity contribution in [2.24, 2.45) is 0 Å². The van der Waals surface area contributed by atoms with Crippen LogP contribution in [0.3, 0.4) is 0 Å². The zero-order chi connectivity index (χ0) is 15.4. The number of hydrogen-bond donors (Lipinski definition) is 2. The molecule has 0 aliphatic rings. The average molecular weight is 326 g/mol. The van der Waals surface area contributed by atoms with Crippen molar-refractivity contribution in [1.82, 2.24) is 9.97 Å². The second-order valence-corrected chi connectivity index (χ2v) is 5.54. The minimum Gasteiger partial charge on any atom is -0.382 e. The molecule has 0 spiro atoms. The molecule has 0 bridgehead atoms. The molecule has 0 atom stereocenters. The summed E-state index contributed by atoms with van der Waals surface area (Å²) in [6.07, 6.45) is 0. The summed E-state index contributed by atoms with van der Waals surface area (Å²) in [6.45, 7) is 0. The van der Waals surface area contributed by atoms with Crippen LogP contribution in [0.4, 0.5) is 14.6 Å². The summed E-state index contributed by atoms with van der Waals surface area (Å²) in [5, 5.41) is 10.4. The van der Waals surface area contributed by atoms with Crippen LogP contribution in [0.25, 0.3) is 0 Å². The highest BCUT2D eigenvalue weighted by Crippen LogP contribution is 2.24. The highest BCUT2D eigenvalue weighted by atomic mass is 32.2. The van der Waals surface area contributed by atoms with Crippen LogP contribution in [0.2, 0.25) is 0 Å². The normalized spacial score (nSPS) is 10.3. The first-order valence-corrected chi connectivity index (χ1v) is 7.34. The summed E-state index contributed by atoms with van der Waals surface area (Å²) in [5.74, 6) is -1.86. The van der Waals surface area contributed by atoms with E-state index >= 15 is 0 Å². The van der Waals surface area contributed by atoms with Crippen molar-refractivity contribution >= 4 is 29.3 Å². The number of halogens is 2. The maximum absolute atomic E-state index is 13.5. The van der Waals surface area contributed by atoms with Gasteiger partial charge in [0.25, 0.3) is 5.56 Å². The summed E-state index contributed by atoms with van der Waals surface area (Å²) >= 11 is 1.62. The molecule has 1 aromatic heterocycles. The lowest BCUT2D eigenvalue weighted by Crippen LogP contribution is -2.14. The van der Waals surface area contributed by atoms with Crippen molar-refractivity contribution in [3.8, 4) is 5.40 Å². The van der Waals surface area contributed by atoms with Gasteiger partial charge in [-0.25, -0.2) is 13.8 Å². The van der Waals surface area contributed by atoms with Gasteiger partial charge in [0.1, 0.15) is 16.1 Å². The number of nitrogens with zero attached hydrogens (tertiary/aromatic N) is 2. The molecule has 0 aliphatic carbocycles. The van der Waals surface area contributed by atoms with Crippen molar-refractivity contribution in [2.45, 2.75) is 15.8 Å². The Kier molecular flexibility index (Phi) is 4.82. The number of H-pyrrole nitrogens is 1. The summed E-state index contributed by atoms with van der Waals surface area (Å²) in [7, 11) is 0. The molecular weight excluding hydrogens is 318 g/mol. The standard InChI is InChI=1S/C12H8F2N4OS2/c13-7-3-1-2-6(8(7)14)4-20-12-17-10(16)9(21-5-15)11(19)18-12/h1-3H,4H2,(H3,16,17,18,19). The molecule has 2 rings (SSSR count). The first kappa shape index (κ1) is 15.3. The minimum absolute atomic E-state index is 0.0128. The Morgan fingerprint density at radius 2 is 2.19 bits per heavy atom. The van der Waals surface area contributed by atoms with Crippen LogP contribution < -0.4 is 11.3 Å². The van der Waals surface area contributed by atoms with Gasteiger partial charge in [0.15, 0.2) is 16.8 Å². The second-order valence-electron chi connectivity index (χ2n) is 3.78. The van der Waals surface area contributed by atoms with Crippen LogP contribution in [-0.2, 0) is 5.75 Å². The van der Waals surface area contributed by atoms with Crippen LogP contribution in [0, 0.1) is 22.3 Å². The van der Waals surface area contributed by atoms with Crippen LogP contribution in [0.1, 0.15) is 5.56 Å². The fourth-order valence-corrected chi connectivity index (χ4v) is 2.71. The van der Waals surface area contributed by atoms with E-state index in [9.17, 15) is 13.6 Å². The Morgan fingerprint density at radius 3 is 2.86 bits per heavy atom. The van der Waals surface area contributed by atoms with E-state index in [2.05, 4.69) is 9.97 Å². The van der Waals surface area contributed by atoms with Crippen molar-refractivity contribution in [3.63, 3.8) is 0 Å². The quantitative estimate of drug-likeness (QED) is 0.509. The van der Waals surface area contributed by atoms with Crippen molar-refractivity contribution in [3.05, 3.63) is 45.8 Å². The smallest absolute Gasteiger partial charge is 0.268 e. The molecule has 0 saturated carbocycles. The number of aromatic amines is 1. The van der Waals surface area contributed by atoms with Gasteiger partial charge in [-0.15, -0.1) is 0 Å². The van der Waals surface area contributed by atoms with E-state index < -0.39 is 17.2 Å². The zero-order valence-electron chi connectivity index (χ0n) is 10.4. The van der Waals surface area contributed by atoms with Gasteiger partial charge >= 0.3 is 0 Å². The van der Waals surface area contributed by atoms with Gasteiger partial charge in [0.2, 0.25) is 0 Å². The van der Waals surface area contributed by atoms with Gasteiger partial charge in [-0.1, -0.05) is 23.9 Å². The second kappa shape index (κ2) is 6.60. The van der Waals surface area contributed by atoms with Crippen molar-refractivity contribution in [1.29, 1.82) is 5.26 Å². The number of nitrogens with two attached hydrogens (primary N) is 1. The Hall–Kier alpha value is -2.05. The third kappa shape index (κ3) is 3.53. The Balaban J connectivity index is 2.20. The monoisotopic (exact) mass is 326 g/mol. The molecule has 2 aromatic rings. The third-order valence-electron chi connectivity index (χ3n) is 2.42. The van der Waals surface area contributed by atoms with Crippen molar-refractivity contribution in [2.75, 3.05) is 5.73 Å². The molecule has 0 aliphatic heterocycles. The molecule has 5 nitrogen and oxygen atoms in total. The number of rotatable bonds is 4. The topological polar surface area (TPSA) is 95.6 Å². The number of nitrogens with one attached hydrogen (secondary N) is 1. The average Bonchev–Trinajstić information content (AvgIpc) is 2.44. The molecule has 0 fully saturated rings. The van der Waals surface area contributed by atoms with Gasteiger partial charge in [0.05, 0.1) is 0 Å². The van der Waals surface area contributed by atoms with E-state index in [1.807, 2.05) is 0 Å². The SMILES string of the molecule is N#CSc1c(N)nc(SCc2cccc(F)c2F)[nH]c1=O. The molecule has 1 heterocycles. The molecule has 0 radical (unpaired) electrons. The Bertz CT molecular complexity index is 773. The summed E-state index contributed by atoms with van der Waals surface area (Å²) in [4.78, 5) is 18.1. The minimum atomic E-state index is -0.935. The lowest BCUT2D eigenvalue weighted by molar-refractivity contribution is 0.502. The number of nitriles is 1. The lowest BCUT2D eigenvalue weighted by atomic mass is 10.2. The molecule has 3 N–H and O–H groups in total. The molecule has 0 unspecified atom stereocenters. The number of anilines is 1. The molecule has 0 saturated heterocycles. The molecule has 21 heavy (non-hydrogen) atoms. The zero-order valence-corrected chi connectivity index (χ0v) is 12.0. The highest BCUT2D eigenvalue weighted by Gasteiger charge is 2.12. The van der Waals surface area contributed by atoms with Gasteiger partial charge < -0.3 is 10.7 Å². The van der Waals surface area contributed by atoms with Crippen LogP contribution in [0.15, 0.2) is 33.0 Å². The van der Waals surface area contributed by atoms with Crippen LogP contribution >= 0.6 is 23.5 Å². The van der Waals surface area contributed by atoms with Gasteiger partial charge in [-0.05, 0) is 17.8 Å². The maximum Gasteiger partial charge on any atom is 0.268 e. The number of nitrogen functional groups attached to an aromatic ring is 1. The summed E-state index contributed by atoms with van der Waals surface area (Å²) < 4.78 is 26.5. The lowest BCUT2D eigenvalue weighted by Gasteiger charge is -2.05. The number of thiocyanates is 1. The molecule has 9 heteroatoms. The van der Waals surface area contributed by atoms with Gasteiger partial charge in [-0.2, -0.15) is 5.26 Å². The van der Waals surface area contributed by atoms with E-state index in [4.69, 9.17) is 11.0 Å². The number of hydrogen-bond acceptors (Lipinski definition) is 6. The van der Waals surface area contributed by atoms with Gasteiger partial charge in [0, 0.05) is 11.3 Å². The maximum atomic E-state index is 13.5. The molecule has 0 amide bonds. The van der Waals surface area contributed by atoms with E-state index in [-0.39, 0.29) is 27.2 Å². The predicted octanol–water partition coefficient (Wildman–Crippen LogP) is 2.50. The Morgan fingerprint density at radius 1 is 1.43 bits per heavy atom. The van der Waals surface area contributed by atoms with Gasteiger partial charge in [-0.3, -0.25) is 4.79 Å². The third-order valence-corrected chi connectivity index (χ3v) is 4.04. The largest absolute Gasteiger partial charge is 0.382 e. The fourth-order valence-electron chi connectivity index (χ4n) is 1.48. The Labute approximate surface area is 126 Å². The number of aromatic nitrogens is 2. The van der Waals surface area contributed by atoms with Crippen molar-refractivity contribution < 1.29 is 8.78 Å². The number of benzene rings is 1. The first-order valence-electron chi connectivity index (χ1n) is 5.54. The molecular formula is C12H8F2N4OS2. The summed E-state index contributed by atoms with van der Waals surface area (Å²) in [6, 6.07) is 3.85. The highest BCUT2D eigenvalue weighted by molar-refractivity contribution is 8.03. The van der Waals surface area contributed by atoms with Crippen LogP contribution in [-0.4, -0.2) is 9.97 Å². The first-order chi connectivity index (χ1) is 10.0. The van der Waals surface area contributed by atoms with E-state index in [1.54, 1.807) is 5.40 Å². The fraction of sp³-hybridized carbons (Fsp3) is 0.0833. The van der Waals surface area contributed by atoms with E-state index in [0.29, 0.717) is 11.8 Å². The summed E-state index contributed by atoms with van der Waals surface area (Å²) in [5.41, 5.74) is 5.19. The van der Waals surface area contributed by atoms with E-state index in [0.717, 1.165) is 17.8 Å². The number of thioether (sulfide) groups is 2. The van der Waals surface area contributed by atoms with Crippen LogP contribution in [0.5, 0.6) is 0 Å². The molecule has 108 valence electrons. The van der Waals surface area contributed by atoms with E-state index in [1.165, 1.54) is 12.1 Å². The predicted molar refractivity (Wildman–Crippen MR) is 76.7 cm³/mol.